The zero-order valence-corrected chi connectivity index (χ0v) is 11.8. The van der Waals surface area contributed by atoms with Crippen LogP contribution in [0.2, 0.25) is 0 Å². The first-order valence-electron chi connectivity index (χ1n) is 7.10. The van der Waals surface area contributed by atoms with Crippen molar-refractivity contribution in [3.05, 3.63) is 35.9 Å². The number of carbonyl (C=O) groups excluding carboxylic acids is 2. The number of aldehydes is 1. The number of rotatable bonds is 4. The van der Waals surface area contributed by atoms with Gasteiger partial charge in [0.25, 0.3) is 0 Å². The summed E-state index contributed by atoms with van der Waals surface area (Å²) in [5, 5.41) is 0. The van der Waals surface area contributed by atoms with Crippen molar-refractivity contribution < 1.29 is 14.3 Å². The summed E-state index contributed by atoms with van der Waals surface area (Å²) in [5.41, 5.74) is 0.990. The summed E-state index contributed by atoms with van der Waals surface area (Å²) in [6, 6.07) is 9.66. The third-order valence-corrected chi connectivity index (χ3v) is 3.95. The molecule has 1 saturated heterocycles. The summed E-state index contributed by atoms with van der Waals surface area (Å²) in [7, 11) is 0. The zero-order chi connectivity index (χ0) is 14.4. The molecule has 0 saturated carbocycles. The van der Waals surface area contributed by atoms with Gasteiger partial charge in [-0.2, -0.15) is 0 Å². The fourth-order valence-corrected chi connectivity index (χ4v) is 2.64. The minimum atomic E-state index is -0.259. The fourth-order valence-electron chi connectivity index (χ4n) is 2.64. The molecular weight excluding hydrogens is 254 g/mol. The van der Waals surface area contributed by atoms with Crippen LogP contribution in [-0.4, -0.2) is 30.4 Å². The highest BCUT2D eigenvalue weighted by Crippen LogP contribution is 2.25. The largest absolute Gasteiger partial charge is 0.445 e. The van der Waals surface area contributed by atoms with E-state index in [9.17, 15) is 9.59 Å². The van der Waals surface area contributed by atoms with Gasteiger partial charge in [0.1, 0.15) is 12.9 Å². The second kappa shape index (κ2) is 7.08. The molecule has 1 heterocycles. The number of benzene rings is 1. The van der Waals surface area contributed by atoms with E-state index in [2.05, 4.69) is 6.92 Å². The maximum Gasteiger partial charge on any atom is 0.410 e. The molecular formula is C16H21NO3. The smallest absolute Gasteiger partial charge is 0.410 e. The normalized spacial score (nSPS) is 22.4. The third kappa shape index (κ3) is 3.83. The van der Waals surface area contributed by atoms with E-state index >= 15 is 0 Å². The molecule has 20 heavy (non-hydrogen) atoms. The van der Waals surface area contributed by atoms with Crippen LogP contribution >= 0.6 is 0 Å². The van der Waals surface area contributed by atoms with Gasteiger partial charge in [-0.3, -0.25) is 0 Å². The number of amides is 1. The molecule has 0 bridgehead atoms. The predicted molar refractivity (Wildman–Crippen MR) is 76.2 cm³/mol. The maximum absolute atomic E-state index is 12.0. The van der Waals surface area contributed by atoms with Crippen molar-refractivity contribution in [1.82, 2.24) is 4.90 Å². The summed E-state index contributed by atoms with van der Waals surface area (Å²) < 4.78 is 5.33. The molecule has 1 aliphatic heterocycles. The molecule has 0 radical (unpaired) electrons. The molecule has 1 aromatic carbocycles. The van der Waals surface area contributed by atoms with Gasteiger partial charge < -0.3 is 14.4 Å². The molecule has 0 aliphatic carbocycles. The van der Waals surface area contributed by atoms with Crippen molar-refractivity contribution >= 4 is 12.4 Å². The first kappa shape index (κ1) is 14.6. The summed E-state index contributed by atoms with van der Waals surface area (Å²) in [4.78, 5) is 24.3. The third-order valence-electron chi connectivity index (χ3n) is 3.95. The Morgan fingerprint density at radius 1 is 1.40 bits per heavy atom. The summed E-state index contributed by atoms with van der Waals surface area (Å²) in [5.74, 6) is 0.740. The van der Waals surface area contributed by atoms with Gasteiger partial charge in [0.2, 0.25) is 0 Å². The van der Waals surface area contributed by atoms with E-state index in [1.807, 2.05) is 30.3 Å². The zero-order valence-electron chi connectivity index (χ0n) is 11.8. The van der Waals surface area contributed by atoms with E-state index in [1.165, 1.54) is 0 Å². The van der Waals surface area contributed by atoms with Gasteiger partial charge in [-0.1, -0.05) is 37.3 Å². The van der Waals surface area contributed by atoms with Crippen molar-refractivity contribution in [3.8, 4) is 0 Å². The van der Waals surface area contributed by atoms with E-state index in [4.69, 9.17) is 4.74 Å². The number of nitrogens with zero attached hydrogens (tertiary/aromatic N) is 1. The van der Waals surface area contributed by atoms with Crippen LogP contribution in [0.5, 0.6) is 0 Å². The number of piperidine rings is 1. The lowest BCUT2D eigenvalue weighted by Gasteiger charge is -2.35. The molecule has 1 fully saturated rings. The molecule has 1 aliphatic rings. The van der Waals surface area contributed by atoms with E-state index in [1.54, 1.807) is 4.90 Å². The number of likely N-dealkylation sites (tertiary alicyclic amines) is 1. The Hall–Kier alpha value is -1.84. The first-order valence-corrected chi connectivity index (χ1v) is 7.10. The average molecular weight is 275 g/mol. The van der Waals surface area contributed by atoms with Crippen LogP contribution in [-0.2, 0) is 16.1 Å². The van der Waals surface area contributed by atoms with Gasteiger partial charge >= 0.3 is 6.09 Å². The molecule has 1 amide bonds. The van der Waals surface area contributed by atoms with Crippen LogP contribution in [0.15, 0.2) is 30.3 Å². The van der Waals surface area contributed by atoms with Crippen molar-refractivity contribution in [3.63, 3.8) is 0 Å². The van der Waals surface area contributed by atoms with Crippen LogP contribution in [0.4, 0.5) is 4.79 Å². The number of hydrogen-bond acceptors (Lipinski definition) is 3. The molecule has 2 rings (SSSR count). The second-order valence-corrected chi connectivity index (χ2v) is 5.41. The van der Waals surface area contributed by atoms with Gasteiger partial charge in [-0.15, -0.1) is 0 Å². The molecule has 108 valence electrons. The van der Waals surface area contributed by atoms with Crippen LogP contribution in [0.3, 0.4) is 0 Å². The Balaban J connectivity index is 1.80. The highest BCUT2D eigenvalue weighted by molar-refractivity contribution is 5.67. The van der Waals surface area contributed by atoms with Gasteiger partial charge in [-0.25, -0.2) is 4.79 Å². The van der Waals surface area contributed by atoms with E-state index in [0.29, 0.717) is 38.0 Å². The Labute approximate surface area is 119 Å². The van der Waals surface area contributed by atoms with Crippen LogP contribution in [0.1, 0.15) is 25.3 Å². The van der Waals surface area contributed by atoms with Crippen molar-refractivity contribution in [2.24, 2.45) is 11.8 Å². The molecule has 2 atom stereocenters. The number of hydrogen-bond donors (Lipinski definition) is 0. The van der Waals surface area contributed by atoms with Crippen molar-refractivity contribution in [2.45, 2.75) is 26.4 Å². The standard InChI is InChI=1S/C16H21NO3/c1-13-11-17(9-7-15(13)8-10-18)16(19)20-12-14-5-3-2-4-6-14/h2-6,10,13,15H,7-9,11-12H2,1H3/t13-,15+/m0/s1. The summed E-state index contributed by atoms with van der Waals surface area (Å²) in [6.07, 6.45) is 2.18. The van der Waals surface area contributed by atoms with Crippen molar-refractivity contribution in [1.29, 1.82) is 0 Å². The second-order valence-electron chi connectivity index (χ2n) is 5.41. The SMILES string of the molecule is C[C@H]1CN(C(=O)OCc2ccccc2)CC[C@@H]1CC=O. The quantitative estimate of drug-likeness (QED) is 0.794. The first-order chi connectivity index (χ1) is 9.70. The van der Waals surface area contributed by atoms with Crippen LogP contribution in [0.25, 0.3) is 0 Å². The van der Waals surface area contributed by atoms with Gasteiger partial charge in [0.05, 0.1) is 0 Å². The topological polar surface area (TPSA) is 46.6 Å². The number of carbonyl (C=O) groups is 2. The average Bonchev–Trinajstić information content (AvgIpc) is 2.48. The van der Waals surface area contributed by atoms with Gasteiger partial charge in [-0.05, 0) is 23.8 Å². The van der Waals surface area contributed by atoms with Gasteiger partial charge in [0.15, 0.2) is 0 Å². The molecule has 0 N–H and O–H groups in total. The summed E-state index contributed by atoms with van der Waals surface area (Å²) >= 11 is 0. The van der Waals surface area contributed by atoms with E-state index in [0.717, 1.165) is 18.3 Å². The lowest BCUT2D eigenvalue weighted by molar-refractivity contribution is -0.109. The molecule has 0 spiro atoms. The Bertz CT molecular complexity index is 446. The lowest BCUT2D eigenvalue weighted by atomic mass is 9.85. The maximum atomic E-state index is 12.0. The fraction of sp³-hybridized carbons (Fsp3) is 0.500. The molecule has 1 aromatic rings. The monoisotopic (exact) mass is 275 g/mol. The highest BCUT2D eigenvalue weighted by Gasteiger charge is 2.28. The molecule has 4 heteroatoms. The minimum Gasteiger partial charge on any atom is -0.445 e. The Morgan fingerprint density at radius 2 is 2.15 bits per heavy atom. The molecule has 0 aromatic heterocycles. The Morgan fingerprint density at radius 3 is 2.80 bits per heavy atom. The Kier molecular flexibility index (Phi) is 5.16. The van der Waals surface area contributed by atoms with E-state index in [-0.39, 0.29) is 6.09 Å². The van der Waals surface area contributed by atoms with Crippen molar-refractivity contribution in [2.75, 3.05) is 13.1 Å². The minimum absolute atomic E-state index is 0.259. The van der Waals surface area contributed by atoms with Crippen LogP contribution in [0, 0.1) is 11.8 Å². The molecule has 0 unspecified atom stereocenters. The van der Waals surface area contributed by atoms with Gasteiger partial charge in [0, 0.05) is 19.5 Å². The molecule has 4 nitrogen and oxygen atoms in total. The highest BCUT2D eigenvalue weighted by atomic mass is 16.6. The number of ether oxygens (including phenoxy) is 1. The van der Waals surface area contributed by atoms with Crippen LogP contribution < -0.4 is 0 Å². The van der Waals surface area contributed by atoms with E-state index < -0.39 is 0 Å². The lowest BCUT2D eigenvalue weighted by Crippen LogP contribution is -2.43. The predicted octanol–water partition coefficient (Wildman–Crippen LogP) is 2.87. The summed E-state index contributed by atoms with van der Waals surface area (Å²) in [6.45, 7) is 3.75.